The van der Waals surface area contributed by atoms with Crippen LogP contribution in [0, 0.1) is 0 Å². The van der Waals surface area contributed by atoms with E-state index in [0.29, 0.717) is 6.54 Å². The Morgan fingerprint density at radius 3 is 1.36 bits per heavy atom. The summed E-state index contributed by atoms with van der Waals surface area (Å²) < 4.78 is 0. The summed E-state index contributed by atoms with van der Waals surface area (Å²) in [6.45, 7) is 5.60. The first kappa shape index (κ1) is 25.8. The maximum absolute atomic E-state index is 11.2. The van der Waals surface area contributed by atoms with Crippen LogP contribution in [-0.2, 0) is 51.9 Å². The second-order valence-electron chi connectivity index (χ2n) is 3.43. The van der Waals surface area contributed by atoms with Crippen LogP contribution in [0.3, 0.4) is 0 Å². The van der Waals surface area contributed by atoms with Gasteiger partial charge in [0.25, 0.3) is 0 Å². The van der Waals surface area contributed by atoms with E-state index < -0.39 is 17.7 Å². The van der Waals surface area contributed by atoms with Gasteiger partial charge in [-0.1, -0.05) is 19.6 Å². The number of amides is 4. The summed E-state index contributed by atoms with van der Waals surface area (Å²) in [4.78, 5) is 44.2. The summed E-state index contributed by atoms with van der Waals surface area (Å²) in [5.74, 6) is -1.86. The van der Waals surface area contributed by atoms with Gasteiger partial charge >= 0.3 is 0 Å². The zero-order valence-electron chi connectivity index (χ0n) is 12.9. The zero-order valence-corrected chi connectivity index (χ0v) is 16.1. The van der Waals surface area contributed by atoms with Crippen LogP contribution in [0.4, 0.5) is 0 Å². The topological polar surface area (TPSA) is 116 Å². The van der Waals surface area contributed by atoms with Gasteiger partial charge in [0, 0.05) is 26.7 Å². The van der Waals surface area contributed by atoms with E-state index in [0.717, 1.165) is 0 Å². The monoisotopic (exact) mass is 512 g/mol. The van der Waals surface area contributed by atoms with Crippen molar-refractivity contribution in [2.45, 2.75) is 20.8 Å². The summed E-state index contributed by atoms with van der Waals surface area (Å²) in [6, 6.07) is 0. The predicted octanol–water partition coefficient (Wildman–Crippen LogP) is -1.96. The van der Waals surface area contributed by atoms with Gasteiger partial charge in [-0.3, -0.25) is 19.2 Å². The Bertz CT molecular complexity index is 356. The van der Waals surface area contributed by atoms with E-state index in [9.17, 15) is 19.2 Å². The third-order valence-corrected chi connectivity index (χ3v) is 2.11. The Balaban J connectivity index is -0.00000115. The first-order chi connectivity index (χ1) is 9.99. The van der Waals surface area contributed by atoms with Gasteiger partial charge in [-0.25, -0.2) is 0 Å². The molecule has 4 N–H and O–H groups in total. The molecule has 0 aromatic carbocycles. The third-order valence-electron chi connectivity index (χ3n) is 1.84. The molecule has 0 aliphatic carbocycles. The molecule has 0 fully saturated rings. The molecule has 0 saturated heterocycles. The molecule has 0 bridgehead atoms. The Morgan fingerprint density at radius 2 is 1.05 bits per heavy atom. The Hall–Kier alpha value is -1.12. The molecule has 0 unspecified atom stereocenters. The van der Waals surface area contributed by atoms with E-state index in [1.54, 1.807) is 6.92 Å². The minimum atomic E-state index is -0.509. The standard InChI is InChI=1S/C10H18N4O4S.C2H6.Ir/c1-2-11-7(15)3-12-8(16)4-13-9(17)5-14-10(18)6-19;1-2;/h19H,2-6H2,1H3,(H,11,15)(H,12,16)(H,13,17)(H,14,18);1-2H3;/p-1. The third kappa shape index (κ3) is 16.9. The molecule has 4 amide bonds. The van der Waals surface area contributed by atoms with Crippen molar-refractivity contribution in [1.82, 2.24) is 21.3 Å². The normalized spacial score (nSPS) is 8.36. The minimum absolute atomic E-state index is 0. The summed E-state index contributed by atoms with van der Waals surface area (Å²) >= 11 is 4.47. The van der Waals surface area contributed by atoms with Gasteiger partial charge in [0.15, 0.2) is 5.91 Å². The van der Waals surface area contributed by atoms with Gasteiger partial charge in [0.2, 0.25) is 17.7 Å². The molecule has 0 rings (SSSR count). The Labute approximate surface area is 149 Å². The van der Waals surface area contributed by atoms with E-state index in [1.165, 1.54) is 0 Å². The molecular formula is C12H23IrN4O4S-. The summed E-state index contributed by atoms with van der Waals surface area (Å²) in [7, 11) is 0. The van der Waals surface area contributed by atoms with Crippen LogP contribution >= 0.6 is 0 Å². The summed E-state index contributed by atoms with van der Waals surface area (Å²) in [5, 5.41) is 9.39. The zero-order chi connectivity index (χ0) is 16.7. The maximum Gasteiger partial charge on any atom is 0.239 e. The Morgan fingerprint density at radius 1 is 0.727 bits per heavy atom. The fraction of sp³-hybridized carbons (Fsp3) is 0.667. The van der Waals surface area contributed by atoms with E-state index >= 15 is 0 Å². The van der Waals surface area contributed by atoms with Crippen LogP contribution in [0.5, 0.6) is 0 Å². The quantitative estimate of drug-likeness (QED) is 0.283. The van der Waals surface area contributed by atoms with Crippen LogP contribution in [-0.4, -0.2) is 55.6 Å². The van der Waals surface area contributed by atoms with Gasteiger partial charge in [-0.05, 0) is 6.92 Å². The van der Waals surface area contributed by atoms with Gasteiger partial charge < -0.3 is 33.9 Å². The molecule has 0 aromatic heterocycles. The van der Waals surface area contributed by atoms with Gasteiger partial charge in [-0.2, -0.15) is 0 Å². The number of carbonyl (C=O) groups is 4. The molecule has 0 saturated carbocycles. The van der Waals surface area contributed by atoms with Crippen molar-refractivity contribution in [2.75, 3.05) is 31.9 Å². The molecule has 131 valence electrons. The van der Waals surface area contributed by atoms with Crippen molar-refractivity contribution in [3.05, 3.63) is 0 Å². The number of hydrogen-bond donors (Lipinski definition) is 4. The number of nitrogens with one attached hydrogen (secondary N) is 4. The second-order valence-corrected chi connectivity index (χ2v) is 3.72. The van der Waals surface area contributed by atoms with E-state index in [4.69, 9.17) is 0 Å². The summed E-state index contributed by atoms with van der Waals surface area (Å²) in [5.41, 5.74) is 0. The first-order valence-electron chi connectivity index (χ1n) is 6.64. The molecule has 0 heterocycles. The molecule has 22 heavy (non-hydrogen) atoms. The summed E-state index contributed by atoms with van der Waals surface area (Å²) in [6.07, 6.45) is 0. The van der Waals surface area contributed by atoms with Crippen molar-refractivity contribution < 1.29 is 39.3 Å². The van der Waals surface area contributed by atoms with E-state index in [1.807, 2.05) is 13.8 Å². The predicted molar refractivity (Wildman–Crippen MR) is 81.3 cm³/mol. The smallest absolute Gasteiger partial charge is 0.239 e. The average molecular weight is 512 g/mol. The van der Waals surface area contributed by atoms with Crippen molar-refractivity contribution >= 4 is 36.3 Å². The number of likely N-dealkylation sites (N-methyl/N-ethyl adjacent to an activating group) is 1. The van der Waals surface area contributed by atoms with Crippen LogP contribution < -0.4 is 21.3 Å². The van der Waals surface area contributed by atoms with Gasteiger partial charge in [-0.15, -0.1) is 0 Å². The molecular weight excluding hydrogens is 488 g/mol. The fourth-order valence-electron chi connectivity index (χ4n) is 0.972. The first-order valence-corrected chi connectivity index (χ1v) is 7.22. The van der Waals surface area contributed by atoms with Crippen LogP contribution in [0.15, 0.2) is 0 Å². The molecule has 8 nitrogen and oxygen atoms in total. The largest absolute Gasteiger partial charge is 0.783 e. The van der Waals surface area contributed by atoms with Crippen molar-refractivity contribution in [3.8, 4) is 0 Å². The van der Waals surface area contributed by atoms with Gasteiger partial charge in [0.1, 0.15) is 0 Å². The van der Waals surface area contributed by atoms with E-state index in [-0.39, 0.29) is 51.4 Å². The number of hydrogen-bond acceptors (Lipinski definition) is 5. The molecule has 0 atom stereocenters. The second kappa shape index (κ2) is 17.9. The minimum Gasteiger partial charge on any atom is -0.783 e. The average Bonchev–Trinajstić information content (AvgIpc) is 2.50. The van der Waals surface area contributed by atoms with Crippen LogP contribution in [0.25, 0.3) is 0 Å². The molecule has 10 heteroatoms. The molecule has 0 aromatic rings. The molecule has 0 aliphatic rings. The SMILES string of the molecule is CC.CCNC(=O)CNC(=O)CNC(=O)CNC(=O)C[S-].[Ir]. The van der Waals surface area contributed by atoms with Crippen molar-refractivity contribution in [1.29, 1.82) is 0 Å². The van der Waals surface area contributed by atoms with E-state index in [2.05, 4.69) is 33.9 Å². The number of rotatable bonds is 8. The van der Waals surface area contributed by atoms with Gasteiger partial charge in [0.05, 0.1) is 19.6 Å². The van der Waals surface area contributed by atoms with Crippen molar-refractivity contribution in [3.63, 3.8) is 0 Å². The van der Waals surface area contributed by atoms with Crippen LogP contribution in [0.2, 0.25) is 0 Å². The maximum atomic E-state index is 11.2. The Kier molecular flexibility index (Phi) is 21.0. The fourth-order valence-corrected chi connectivity index (χ4v) is 1.07. The molecule has 0 spiro atoms. The van der Waals surface area contributed by atoms with Crippen LogP contribution in [0.1, 0.15) is 20.8 Å². The van der Waals surface area contributed by atoms with Crippen molar-refractivity contribution in [2.24, 2.45) is 0 Å². The number of carbonyl (C=O) groups excluding carboxylic acids is 4. The molecule has 0 aliphatic heterocycles. The molecule has 1 radical (unpaired) electrons.